The molecule has 20 heavy (non-hydrogen) atoms. The Kier molecular flexibility index (Phi) is 4.51. The van der Waals surface area contributed by atoms with Crippen molar-refractivity contribution in [2.45, 2.75) is 4.90 Å². The average Bonchev–Trinajstić information content (AvgIpc) is 2.43. The molecule has 0 heterocycles. The summed E-state index contributed by atoms with van der Waals surface area (Å²) >= 11 is 2.22. The third-order valence-electron chi connectivity index (χ3n) is 2.75. The van der Waals surface area contributed by atoms with Gasteiger partial charge in [-0.25, -0.2) is 13.1 Å². The van der Waals surface area contributed by atoms with Gasteiger partial charge in [-0.15, -0.1) is 0 Å². The normalized spacial score (nSPS) is 11.3. The van der Waals surface area contributed by atoms with E-state index in [0.717, 1.165) is 9.26 Å². The number of nitrogens with one attached hydrogen (secondary N) is 2. The lowest BCUT2D eigenvalue weighted by molar-refractivity contribution is 0.588. The van der Waals surface area contributed by atoms with Gasteiger partial charge in [0.25, 0.3) is 0 Å². The quantitative estimate of drug-likeness (QED) is 0.541. The van der Waals surface area contributed by atoms with Crippen molar-refractivity contribution in [1.29, 1.82) is 0 Å². The number of nitrogens with two attached hydrogens (primary N) is 1. The summed E-state index contributed by atoms with van der Waals surface area (Å²) < 4.78 is 26.7. The monoisotopic (exact) mass is 403 g/mol. The minimum atomic E-state index is -3.48. The van der Waals surface area contributed by atoms with Crippen LogP contribution >= 0.6 is 22.6 Å². The Morgan fingerprint density at radius 3 is 2.40 bits per heavy atom. The van der Waals surface area contributed by atoms with Gasteiger partial charge in [-0.3, -0.25) is 0 Å². The molecule has 0 amide bonds. The molecule has 0 saturated carbocycles. The van der Waals surface area contributed by atoms with Gasteiger partial charge in [-0.1, -0.05) is 12.1 Å². The summed E-state index contributed by atoms with van der Waals surface area (Å²) in [7, 11) is -2.11. The molecule has 0 bridgehead atoms. The zero-order chi connectivity index (χ0) is 14.8. The number of para-hydroxylation sites is 1. The molecule has 4 N–H and O–H groups in total. The summed E-state index contributed by atoms with van der Waals surface area (Å²) in [6.45, 7) is 0. The fourth-order valence-electron chi connectivity index (χ4n) is 1.65. The minimum Gasteiger partial charge on any atom is -0.397 e. The molecule has 2 aromatic carbocycles. The largest absolute Gasteiger partial charge is 0.397 e. The maximum Gasteiger partial charge on any atom is 0.240 e. The van der Waals surface area contributed by atoms with Gasteiger partial charge in [0.2, 0.25) is 10.0 Å². The van der Waals surface area contributed by atoms with Gasteiger partial charge < -0.3 is 11.1 Å². The van der Waals surface area contributed by atoms with Crippen LogP contribution in [0, 0.1) is 3.57 Å². The van der Waals surface area contributed by atoms with Gasteiger partial charge in [-0.05, 0) is 60.0 Å². The lowest BCUT2D eigenvalue weighted by Crippen LogP contribution is -2.18. The number of anilines is 3. The molecule has 5 nitrogen and oxygen atoms in total. The Morgan fingerprint density at radius 2 is 1.80 bits per heavy atom. The van der Waals surface area contributed by atoms with Crippen molar-refractivity contribution in [3.8, 4) is 0 Å². The number of halogens is 1. The van der Waals surface area contributed by atoms with Gasteiger partial charge in [-0.2, -0.15) is 0 Å². The molecule has 0 aromatic heterocycles. The van der Waals surface area contributed by atoms with Crippen LogP contribution in [0.2, 0.25) is 0 Å². The molecule has 0 spiro atoms. The maximum absolute atomic E-state index is 11.7. The van der Waals surface area contributed by atoms with E-state index < -0.39 is 10.0 Å². The predicted octanol–water partition coefficient (Wildman–Crippen LogP) is 2.53. The number of sulfonamides is 1. The van der Waals surface area contributed by atoms with Gasteiger partial charge in [0, 0.05) is 3.57 Å². The van der Waals surface area contributed by atoms with Crippen molar-refractivity contribution < 1.29 is 8.42 Å². The van der Waals surface area contributed by atoms with Crippen molar-refractivity contribution in [3.05, 3.63) is 46.0 Å². The van der Waals surface area contributed by atoms with Crippen molar-refractivity contribution in [3.63, 3.8) is 0 Å². The van der Waals surface area contributed by atoms with Crippen LogP contribution in [0.25, 0.3) is 0 Å². The van der Waals surface area contributed by atoms with Crippen molar-refractivity contribution in [2.75, 3.05) is 18.1 Å². The molecule has 0 saturated heterocycles. The van der Waals surface area contributed by atoms with Crippen LogP contribution < -0.4 is 15.8 Å². The molecule has 0 aliphatic rings. The topological polar surface area (TPSA) is 84.2 Å². The number of hydrogen-bond donors (Lipinski definition) is 3. The minimum absolute atomic E-state index is 0.144. The molecule has 0 unspecified atom stereocenters. The molecule has 0 atom stereocenters. The molecule has 2 aromatic rings. The third kappa shape index (κ3) is 3.22. The van der Waals surface area contributed by atoms with Crippen LogP contribution in [0.3, 0.4) is 0 Å². The highest BCUT2D eigenvalue weighted by molar-refractivity contribution is 14.1. The van der Waals surface area contributed by atoms with E-state index in [9.17, 15) is 8.42 Å². The summed E-state index contributed by atoms with van der Waals surface area (Å²) in [6.07, 6.45) is 0. The number of benzene rings is 2. The zero-order valence-corrected chi connectivity index (χ0v) is 13.7. The molecule has 2 rings (SSSR count). The molecular weight excluding hydrogens is 389 g/mol. The summed E-state index contributed by atoms with van der Waals surface area (Å²) in [6, 6.07) is 12.4. The summed E-state index contributed by atoms with van der Waals surface area (Å²) in [5.41, 5.74) is 7.88. The Bertz CT molecular complexity index is 732. The summed E-state index contributed by atoms with van der Waals surface area (Å²) in [5.74, 6) is 0. The summed E-state index contributed by atoms with van der Waals surface area (Å²) in [5, 5.41) is 3.19. The first kappa shape index (κ1) is 15.1. The van der Waals surface area contributed by atoms with E-state index in [1.165, 1.54) is 19.2 Å². The fraction of sp³-hybridized carbons (Fsp3) is 0.0769. The average molecular weight is 403 g/mol. The molecule has 0 aliphatic heterocycles. The molecule has 106 valence electrons. The molecular formula is C13H14IN3O2S. The van der Waals surface area contributed by atoms with Gasteiger partial charge in [0.15, 0.2) is 0 Å². The molecule has 0 radical (unpaired) electrons. The van der Waals surface area contributed by atoms with Gasteiger partial charge in [0.1, 0.15) is 0 Å². The van der Waals surface area contributed by atoms with E-state index in [2.05, 4.69) is 32.6 Å². The maximum atomic E-state index is 11.7. The fourth-order valence-corrected chi connectivity index (χ4v) is 2.93. The highest BCUT2D eigenvalue weighted by atomic mass is 127. The van der Waals surface area contributed by atoms with E-state index in [-0.39, 0.29) is 4.90 Å². The Hall–Kier alpha value is -1.32. The number of rotatable bonds is 4. The van der Waals surface area contributed by atoms with E-state index in [1.54, 1.807) is 6.07 Å². The Labute approximate surface area is 131 Å². The Morgan fingerprint density at radius 1 is 1.10 bits per heavy atom. The number of nitrogen functional groups attached to an aromatic ring is 1. The third-order valence-corrected chi connectivity index (χ3v) is 5.10. The highest BCUT2D eigenvalue weighted by Gasteiger charge is 2.13. The first-order valence-corrected chi connectivity index (χ1v) is 8.35. The summed E-state index contributed by atoms with van der Waals surface area (Å²) in [4.78, 5) is 0.144. The second kappa shape index (κ2) is 5.98. The first-order valence-electron chi connectivity index (χ1n) is 5.78. The lowest BCUT2D eigenvalue weighted by atomic mass is 10.2. The van der Waals surface area contributed by atoms with Crippen molar-refractivity contribution in [2.24, 2.45) is 0 Å². The van der Waals surface area contributed by atoms with E-state index in [1.807, 2.05) is 24.3 Å². The van der Waals surface area contributed by atoms with Crippen LogP contribution in [0.5, 0.6) is 0 Å². The van der Waals surface area contributed by atoms with Crippen LogP contribution in [0.4, 0.5) is 17.1 Å². The first-order chi connectivity index (χ1) is 9.44. The molecule has 0 aliphatic carbocycles. The van der Waals surface area contributed by atoms with E-state index in [0.29, 0.717) is 11.4 Å². The van der Waals surface area contributed by atoms with Crippen molar-refractivity contribution in [1.82, 2.24) is 4.72 Å². The Balaban J connectivity index is 2.34. The predicted molar refractivity (Wildman–Crippen MR) is 89.5 cm³/mol. The smallest absolute Gasteiger partial charge is 0.240 e. The van der Waals surface area contributed by atoms with E-state index >= 15 is 0 Å². The zero-order valence-electron chi connectivity index (χ0n) is 10.7. The lowest BCUT2D eigenvalue weighted by Gasteiger charge is -2.12. The van der Waals surface area contributed by atoms with Gasteiger partial charge in [0.05, 0.1) is 22.0 Å². The second-order valence-corrected chi connectivity index (χ2v) is 7.11. The van der Waals surface area contributed by atoms with Crippen LogP contribution in [0.1, 0.15) is 0 Å². The van der Waals surface area contributed by atoms with E-state index in [4.69, 9.17) is 5.73 Å². The van der Waals surface area contributed by atoms with Crippen LogP contribution in [-0.4, -0.2) is 15.5 Å². The van der Waals surface area contributed by atoms with Crippen LogP contribution in [-0.2, 0) is 10.0 Å². The van der Waals surface area contributed by atoms with Gasteiger partial charge >= 0.3 is 0 Å². The SMILES string of the molecule is CNS(=O)(=O)c1ccc(Nc2ccccc2I)c(N)c1. The number of hydrogen-bond acceptors (Lipinski definition) is 4. The van der Waals surface area contributed by atoms with Crippen molar-refractivity contribution >= 4 is 49.7 Å². The second-order valence-electron chi connectivity index (χ2n) is 4.06. The standard InChI is InChI=1S/C13H14IN3O2S/c1-16-20(18,19)9-6-7-13(11(15)8-9)17-12-5-3-2-4-10(12)14/h2-8,16-17H,15H2,1H3. The van der Waals surface area contributed by atoms with Crippen LogP contribution in [0.15, 0.2) is 47.4 Å². The highest BCUT2D eigenvalue weighted by Crippen LogP contribution is 2.28. The molecule has 7 heteroatoms. The molecule has 0 fully saturated rings.